The van der Waals surface area contributed by atoms with Crippen molar-refractivity contribution in [2.45, 2.75) is 142 Å². The van der Waals surface area contributed by atoms with E-state index in [1.54, 1.807) is 7.11 Å². The predicted octanol–water partition coefficient (Wildman–Crippen LogP) is 8.60. The van der Waals surface area contributed by atoms with Crippen LogP contribution in [0.4, 0.5) is 0 Å². The first-order chi connectivity index (χ1) is 15.7. The first-order valence-corrected chi connectivity index (χ1v) is 16.5. The molecule has 0 rings (SSSR count). The van der Waals surface area contributed by atoms with Crippen LogP contribution in [-0.2, 0) is 18.7 Å². The van der Waals surface area contributed by atoms with Gasteiger partial charge in [0.1, 0.15) is 0 Å². The van der Waals surface area contributed by atoms with Gasteiger partial charge in [-0.1, -0.05) is 97.6 Å². The van der Waals surface area contributed by atoms with Crippen molar-refractivity contribution in [3.05, 3.63) is 12.2 Å². The van der Waals surface area contributed by atoms with Crippen molar-refractivity contribution in [1.82, 2.24) is 0 Å². The van der Waals surface area contributed by atoms with E-state index in [0.717, 1.165) is 12.8 Å². The van der Waals surface area contributed by atoms with Gasteiger partial charge in [0.2, 0.25) is 0 Å². The highest BCUT2D eigenvalue weighted by Gasteiger charge is 2.38. The molecule has 0 aromatic carbocycles. The maximum absolute atomic E-state index is 12.3. The number of rotatable bonds is 21. The highest BCUT2D eigenvalue weighted by Crippen LogP contribution is 2.36. The second kappa shape index (κ2) is 19.6. The van der Waals surface area contributed by atoms with E-state index in [0.29, 0.717) is 6.61 Å². The summed E-state index contributed by atoms with van der Waals surface area (Å²) in [4.78, 5) is 12.3. The Morgan fingerprint density at radius 3 is 1.79 bits per heavy atom. The summed E-state index contributed by atoms with van der Waals surface area (Å²) >= 11 is 0. The minimum absolute atomic E-state index is 0.110. The van der Waals surface area contributed by atoms with Crippen LogP contribution in [0.3, 0.4) is 0 Å². The van der Waals surface area contributed by atoms with Gasteiger partial charge in [0.25, 0.3) is 0 Å². The highest BCUT2D eigenvalue weighted by molar-refractivity contribution is 6.74. The molecule has 5 heteroatoms. The number of hydrogen-bond acceptors (Lipinski definition) is 4. The molecule has 0 aliphatic heterocycles. The zero-order valence-electron chi connectivity index (χ0n) is 23.2. The summed E-state index contributed by atoms with van der Waals surface area (Å²) in [5.41, 5.74) is 0. The standard InChI is InChI=1S/C28H56O4Si/c1-8-9-10-11-12-13-14-15-16-17-18-19-20-21-22-23-24-31-27(29)26(30-5)25-32-33(6,7)28(2,3)4/h15-16,26H,8-14,17-25H2,1-7H3/b16-15-. The van der Waals surface area contributed by atoms with Crippen molar-refractivity contribution in [3.8, 4) is 0 Å². The average molecular weight is 485 g/mol. The number of ether oxygens (including phenoxy) is 2. The van der Waals surface area contributed by atoms with Crippen LogP contribution in [0.25, 0.3) is 0 Å². The Bertz CT molecular complexity index is 497. The summed E-state index contributed by atoms with van der Waals surface area (Å²) in [6, 6.07) is 0. The van der Waals surface area contributed by atoms with Crippen LogP contribution in [-0.4, -0.2) is 40.7 Å². The molecule has 4 nitrogen and oxygen atoms in total. The largest absolute Gasteiger partial charge is 0.464 e. The number of hydrogen-bond donors (Lipinski definition) is 0. The van der Waals surface area contributed by atoms with E-state index in [9.17, 15) is 4.79 Å². The van der Waals surface area contributed by atoms with Gasteiger partial charge in [0, 0.05) is 7.11 Å². The number of esters is 1. The van der Waals surface area contributed by atoms with Crippen molar-refractivity contribution in [2.75, 3.05) is 20.3 Å². The number of allylic oxidation sites excluding steroid dienone is 2. The molecular formula is C28H56O4Si. The third kappa shape index (κ3) is 17.4. The van der Waals surface area contributed by atoms with E-state index >= 15 is 0 Å². The average Bonchev–Trinajstić information content (AvgIpc) is 2.75. The normalized spacial score (nSPS) is 13.5. The Kier molecular flexibility index (Phi) is 19.2. The monoisotopic (exact) mass is 484 g/mol. The molecular weight excluding hydrogens is 428 g/mol. The van der Waals surface area contributed by atoms with Crippen LogP contribution in [0.5, 0.6) is 0 Å². The van der Waals surface area contributed by atoms with Crippen molar-refractivity contribution < 1.29 is 18.7 Å². The number of carbonyl (C=O) groups is 1. The summed E-state index contributed by atoms with van der Waals surface area (Å²) in [6.07, 6.45) is 21.9. The van der Waals surface area contributed by atoms with Crippen molar-refractivity contribution in [3.63, 3.8) is 0 Å². The lowest BCUT2D eigenvalue weighted by Crippen LogP contribution is -2.44. The third-order valence-corrected chi connectivity index (χ3v) is 11.4. The summed E-state index contributed by atoms with van der Waals surface area (Å²) in [5, 5.41) is 0.110. The zero-order chi connectivity index (χ0) is 25.0. The van der Waals surface area contributed by atoms with Gasteiger partial charge in [-0.05, 0) is 50.2 Å². The van der Waals surface area contributed by atoms with Crippen molar-refractivity contribution in [2.24, 2.45) is 0 Å². The van der Waals surface area contributed by atoms with Crippen LogP contribution in [0, 0.1) is 0 Å². The van der Waals surface area contributed by atoms with Crippen LogP contribution in [0.15, 0.2) is 12.2 Å². The quantitative estimate of drug-likeness (QED) is 0.0708. The third-order valence-electron chi connectivity index (χ3n) is 6.85. The maximum Gasteiger partial charge on any atom is 0.337 e. The first kappa shape index (κ1) is 32.3. The molecule has 0 amide bonds. The molecule has 1 atom stereocenters. The lowest BCUT2D eigenvalue weighted by molar-refractivity contribution is -0.157. The van der Waals surface area contributed by atoms with E-state index < -0.39 is 14.4 Å². The second-order valence-electron chi connectivity index (χ2n) is 10.9. The van der Waals surface area contributed by atoms with Gasteiger partial charge < -0.3 is 13.9 Å². The molecule has 0 aromatic heterocycles. The Hall–Kier alpha value is -0.653. The Morgan fingerprint density at radius 2 is 1.30 bits per heavy atom. The SMILES string of the molecule is CCCCCCCC/C=C\CCCCCCCCOC(=O)C(CO[Si](C)(C)C(C)(C)C)OC. The minimum atomic E-state index is -1.90. The van der Waals surface area contributed by atoms with Gasteiger partial charge >= 0.3 is 5.97 Å². The Balaban J connectivity index is 3.64. The van der Waals surface area contributed by atoms with Crippen molar-refractivity contribution >= 4 is 14.3 Å². The lowest BCUT2D eigenvalue weighted by Gasteiger charge is -2.36. The fraction of sp³-hybridized carbons (Fsp3) is 0.893. The maximum atomic E-state index is 12.3. The fourth-order valence-electron chi connectivity index (χ4n) is 3.35. The molecule has 0 bridgehead atoms. The molecule has 0 aromatic rings. The second-order valence-corrected chi connectivity index (χ2v) is 15.7. The van der Waals surface area contributed by atoms with Crippen LogP contribution in [0.2, 0.25) is 18.1 Å². The molecule has 0 N–H and O–H groups in total. The first-order valence-electron chi connectivity index (χ1n) is 13.6. The van der Waals surface area contributed by atoms with Gasteiger partial charge in [-0.15, -0.1) is 0 Å². The smallest absolute Gasteiger partial charge is 0.337 e. The van der Waals surface area contributed by atoms with E-state index in [1.807, 2.05) is 0 Å². The van der Waals surface area contributed by atoms with Crippen molar-refractivity contribution in [1.29, 1.82) is 0 Å². The van der Waals surface area contributed by atoms with E-state index in [1.165, 1.54) is 77.0 Å². The van der Waals surface area contributed by atoms with Gasteiger partial charge in [-0.2, -0.15) is 0 Å². The summed E-state index contributed by atoms with van der Waals surface area (Å²) in [5.74, 6) is -0.302. The summed E-state index contributed by atoms with van der Waals surface area (Å²) < 4.78 is 16.9. The molecule has 1 unspecified atom stereocenters. The van der Waals surface area contributed by atoms with Gasteiger partial charge in [-0.25, -0.2) is 4.79 Å². The molecule has 0 aliphatic rings. The Labute approximate surface area is 207 Å². The number of unbranched alkanes of at least 4 members (excludes halogenated alkanes) is 12. The van der Waals surface area contributed by atoms with E-state index in [2.05, 4.69) is 52.9 Å². The molecule has 0 saturated carbocycles. The number of carbonyl (C=O) groups excluding carboxylic acids is 1. The molecule has 33 heavy (non-hydrogen) atoms. The molecule has 0 spiro atoms. The topological polar surface area (TPSA) is 44.8 Å². The number of methoxy groups -OCH3 is 1. The highest BCUT2D eigenvalue weighted by atomic mass is 28.4. The molecule has 0 fully saturated rings. The van der Waals surface area contributed by atoms with Gasteiger partial charge in [0.05, 0.1) is 13.2 Å². The zero-order valence-corrected chi connectivity index (χ0v) is 24.2. The van der Waals surface area contributed by atoms with Crippen LogP contribution >= 0.6 is 0 Å². The molecule has 196 valence electrons. The minimum Gasteiger partial charge on any atom is -0.464 e. The fourth-order valence-corrected chi connectivity index (χ4v) is 4.35. The van der Waals surface area contributed by atoms with Gasteiger partial charge in [0.15, 0.2) is 14.4 Å². The van der Waals surface area contributed by atoms with E-state index in [-0.39, 0.29) is 17.6 Å². The lowest BCUT2D eigenvalue weighted by atomic mass is 10.1. The Morgan fingerprint density at radius 1 is 0.818 bits per heavy atom. The molecule has 0 radical (unpaired) electrons. The predicted molar refractivity (Wildman–Crippen MR) is 144 cm³/mol. The van der Waals surface area contributed by atoms with Gasteiger partial charge in [-0.3, -0.25) is 0 Å². The summed E-state index contributed by atoms with van der Waals surface area (Å²) in [6.45, 7) is 13.9. The summed E-state index contributed by atoms with van der Waals surface area (Å²) in [7, 11) is -0.353. The molecule has 0 aliphatic carbocycles. The van der Waals surface area contributed by atoms with Crippen LogP contribution < -0.4 is 0 Å². The molecule has 0 saturated heterocycles. The molecule has 0 heterocycles. The van der Waals surface area contributed by atoms with Crippen LogP contribution in [0.1, 0.15) is 118 Å². The van der Waals surface area contributed by atoms with E-state index in [4.69, 9.17) is 13.9 Å².